The molecule has 2 heterocycles. The molecule has 0 saturated carbocycles. The lowest BCUT2D eigenvalue weighted by atomic mass is 10.0. The van der Waals surface area contributed by atoms with Crippen LogP contribution >= 0.6 is 0 Å². The summed E-state index contributed by atoms with van der Waals surface area (Å²) in [5, 5.41) is 3.81. The summed E-state index contributed by atoms with van der Waals surface area (Å²) in [4.78, 5) is 22.3. The van der Waals surface area contributed by atoms with E-state index in [1.807, 2.05) is 12.1 Å². The molecule has 3 aromatic carbocycles. The maximum absolute atomic E-state index is 13.4. The molecular weight excluding hydrogens is 467 g/mol. The molecule has 0 radical (unpaired) electrons. The first-order valence-corrected chi connectivity index (χ1v) is 11.0. The van der Waals surface area contributed by atoms with Gasteiger partial charge in [0.2, 0.25) is 5.95 Å². The molecule has 36 heavy (non-hydrogen) atoms. The summed E-state index contributed by atoms with van der Waals surface area (Å²) in [6, 6.07) is 18.9. The number of hydrogen-bond donors (Lipinski definition) is 2. The second-order valence-electron chi connectivity index (χ2n) is 8.31. The zero-order chi connectivity index (χ0) is 25.4. The maximum atomic E-state index is 13.4. The van der Waals surface area contributed by atoms with Crippen molar-refractivity contribution in [1.29, 1.82) is 0 Å². The molecule has 0 aliphatic rings. The molecule has 0 aliphatic heterocycles. The van der Waals surface area contributed by atoms with Crippen LogP contribution in [0.1, 0.15) is 11.1 Å². The van der Waals surface area contributed by atoms with Crippen molar-refractivity contribution < 1.29 is 13.2 Å². The van der Waals surface area contributed by atoms with Gasteiger partial charge in [-0.2, -0.15) is 13.2 Å². The smallest absolute Gasteiger partial charge is 0.399 e. The Balaban J connectivity index is 1.53. The van der Waals surface area contributed by atoms with E-state index in [1.54, 1.807) is 49.5 Å². The SMILES string of the molecule is Cc1ccn(-c2cccc(C(F)(F)F)c2)c(=O)c1-c1ccc2nc(Nc3cccc(N)c3)ncc2c1. The Kier molecular flexibility index (Phi) is 5.68. The van der Waals surface area contributed by atoms with Crippen molar-refractivity contribution >= 4 is 28.2 Å². The number of alkyl halides is 3. The van der Waals surface area contributed by atoms with Crippen LogP contribution in [0.5, 0.6) is 0 Å². The van der Waals surface area contributed by atoms with Gasteiger partial charge in [0.15, 0.2) is 0 Å². The highest BCUT2D eigenvalue weighted by atomic mass is 19.4. The van der Waals surface area contributed by atoms with Gasteiger partial charge in [-0.15, -0.1) is 0 Å². The molecule has 9 heteroatoms. The maximum Gasteiger partial charge on any atom is 0.416 e. The number of nitrogens with zero attached hydrogens (tertiary/aromatic N) is 3. The number of fused-ring (bicyclic) bond motifs is 1. The summed E-state index contributed by atoms with van der Waals surface area (Å²) >= 11 is 0. The Bertz CT molecular complexity index is 1660. The molecule has 5 aromatic rings. The predicted molar refractivity (Wildman–Crippen MR) is 134 cm³/mol. The Morgan fingerprint density at radius 3 is 2.56 bits per heavy atom. The van der Waals surface area contributed by atoms with E-state index in [0.29, 0.717) is 39.2 Å². The largest absolute Gasteiger partial charge is 0.416 e. The summed E-state index contributed by atoms with van der Waals surface area (Å²) in [6.07, 6.45) is -1.38. The second-order valence-corrected chi connectivity index (χ2v) is 8.31. The Morgan fingerprint density at radius 2 is 1.78 bits per heavy atom. The predicted octanol–water partition coefficient (Wildman–Crippen LogP) is 6.10. The Labute approximate surface area is 203 Å². The van der Waals surface area contributed by atoms with E-state index < -0.39 is 17.3 Å². The lowest BCUT2D eigenvalue weighted by Gasteiger charge is -2.14. The van der Waals surface area contributed by atoms with Crippen LogP contribution in [0.15, 0.2) is 90.0 Å². The number of nitrogen functional groups attached to an aromatic ring is 1. The summed E-state index contributed by atoms with van der Waals surface area (Å²) in [5.74, 6) is 0.392. The fourth-order valence-electron chi connectivity index (χ4n) is 4.01. The van der Waals surface area contributed by atoms with Crippen LogP contribution in [0.2, 0.25) is 0 Å². The summed E-state index contributed by atoms with van der Waals surface area (Å²) < 4.78 is 40.8. The molecule has 0 amide bonds. The van der Waals surface area contributed by atoms with Crippen molar-refractivity contribution in [3.8, 4) is 16.8 Å². The molecule has 5 rings (SSSR count). The van der Waals surface area contributed by atoms with Crippen LogP contribution in [0.3, 0.4) is 0 Å². The fraction of sp³-hybridized carbons (Fsp3) is 0.0741. The minimum atomic E-state index is -4.51. The lowest BCUT2D eigenvalue weighted by Crippen LogP contribution is -2.21. The highest BCUT2D eigenvalue weighted by Crippen LogP contribution is 2.31. The molecule has 0 aliphatic carbocycles. The molecule has 0 saturated heterocycles. The van der Waals surface area contributed by atoms with Gasteiger partial charge in [-0.3, -0.25) is 9.36 Å². The molecular formula is C27H20F3N5O. The third kappa shape index (κ3) is 4.50. The van der Waals surface area contributed by atoms with Crippen LogP contribution in [0.4, 0.5) is 30.5 Å². The molecule has 0 bridgehead atoms. The van der Waals surface area contributed by atoms with Gasteiger partial charge in [0, 0.05) is 34.8 Å². The average Bonchev–Trinajstić information content (AvgIpc) is 2.84. The van der Waals surface area contributed by atoms with Crippen molar-refractivity contribution in [3.05, 3.63) is 107 Å². The van der Waals surface area contributed by atoms with Crippen LogP contribution in [0.25, 0.3) is 27.7 Å². The quantitative estimate of drug-likeness (QED) is 0.299. The van der Waals surface area contributed by atoms with E-state index in [-0.39, 0.29) is 5.69 Å². The standard InChI is InChI=1S/C27H20F3N5O/c1-16-10-11-35(22-7-2-4-19(13-22)27(28,29)30)25(36)24(16)17-8-9-23-18(12-17)15-32-26(34-23)33-21-6-3-5-20(31)14-21/h2-15H,31H2,1H3,(H,32,33,34). The minimum Gasteiger partial charge on any atom is -0.399 e. The highest BCUT2D eigenvalue weighted by Gasteiger charge is 2.30. The van der Waals surface area contributed by atoms with E-state index in [9.17, 15) is 18.0 Å². The van der Waals surface area contributed by atoms with Gasteiger partial charge in [0.25, 0.3) is 5.56 Å². The topological polar surface area (TPSA) is 85.8 Å². The number of nitrogens with two attached hydrogens (primary N) is 1. The lowest BCUT2D eigenvalue weighted by molar-refractivity contribution is -0.137. The molecule has 0 fully saturated rings. The number of halogens is 3. The Hall–Kier alpha value is -4.66. The third-order valence-corrected chi connectivity index (χ3v) is 5.76. The first-order valence-electron chi connectivity index (χ1n) is 11.0. The molecule has 0 unspecified atom stereocenters. The number of aryl methyl sites for hydroxylation is 1. The number of anilines is 3. The van der Waals surface area contributed by atoms with E-state index in [0.717, 1.165) is 17.8 Å². The van der Waals surface area contributed by atoms with E-state index >= 15 is 0 Å². The first kappa shape index (κ1) is 23.1. The summed E-state index contributed by atoms with van der Waals surface area (Å²) in [5.41, 5.74) is 8.43. The zero-order valence-corrected chi connectivity index (χ0v) is 19.0. The van der Waals surface area contributed by atoms with Crippen LogP contribution < -0.4 is 16.6 Å². The molecule has 6 nitrogen and oxygen atoms in total. The molecule has 3 N–H and O–H groups in total. The van der Waals surface area contributed by atoms with Gasteiger partial charge in [-0.25, -0.2) is 9.97 Å². The van der Waals surface area contributed by atoms with Gasteiger partial charge >= 0.3 is 6.18 Å². The number of hydrogen-bond acceptors (Lipinski definition) is 5. The Morgan fingerprint density at radius 1 is 0.972 bits per heavy atom. The monoisotopic (exact) mass is 487 g/mol. The highest BCUT2D eigenvalue weighted by molar-refractivity contribution is 5.85. The van der Waals surface area contributed by atoms with Gasteiger partial charge in [0.1, 0.15) is 0 Å². The zero-order valence-electron chi connectivity index (χ0n) is 19.0. The number of aromatic nitrogens is 3. The number of pyridine rings is 1. The van der Waals surface area contributed by atoms with Gasteiger partial charge < -0.3 is 11.1 Å². The number of nitrogens with one attached hydrogen (secondary N) is 1. The van der Waals surface area contributed by atoms with Gasteiger partial charge in [-0.05, 0) is 72.6 Å². The van der Waals surface area contributed by atoms with Crippen molar-refractivity contribution in [2.75, 3.05) is 11.1 Å². The van der Waals surface area contributed by atoms with Crippen molar-refractivity contribution in [3.63, 3.8) is 0 Å². The van der Waals surface area contributed by atoms with Crippen molar-refractivity contribution in [2.24, 2.45) is 0 Å². The van der Waals surface area contributed by atoms with E-state index in [1.165, 1.54) is 22.9 Å². The molecule has 2 aromatic heterocycles. The number of benzene rings is 3. The molecule has 180 valence electrons. The normalized spacial score (nSPS) is 11.6. The fourth-order valence-corrected chi connectivity index (χ4v) is 4.01. The minimum absolute atomic E-state index is 0.137. The van der Waals surface area contributed by atoms with E-state index in [4.69, 9.17) is 5.73 Å². The average molecular weight is 487 g/mol. The van der Waals surface area contributed by atoms with Gasteiger partial charge in [0.05, 0.1) is 16.6 Å². The van der Waals surface area contributed by atoms with Crippen LogP contribution in [0, 0.1) is 6.92 Å². The number of rotatable bonds is 4. The summed E-state index contributed by atoms with van der Waals surface area (Å²) in [7, 11) is 0. The summed E-state index contributed by atoms with van der Waals surface area (Å²) in [6.45, 7) is 1.78. The molecule has 0 atom stereocenters. The van der Waals surface area contributed by atoms with Crippen molar-refractivity contribution in [1.82, 2.24) is 14.5 Å². The van der Waals surface area contributed by atoms with Gasteiger partial charge in [-0.1, -0.05) is 18.2 Å². The van der Waals surface area contributed by atoms with Crippen LogP contribution in [-0.2, 0) is 6.18 Å². The van der Waals surface area contributed by atoms with Crippen molar-refractivity contribution in [2.45, 2.75) is 13.1 Å². The first-order chi connectivity index (χ1) is 17.2. The molecule has 0 spiro atoms. The van der Waals surface area contributed by atoms with E-state index in [2.05, 4.69) is 15.3 Å². The second kappa shape index (κ2) is 8.84. The van der Waals surface area contributed by atoms with Crippen LogP contribution in [-0.4, -0.2) is 14.5 Å². The third-order valence-electron chi connectivity index (χ3n) is 5.76.